The Bertz CT molecular complexity index is 1540. The fourth-order valence-electron chi connectivity index (χ4n) is 4.63. The molecule has 0 saturated carbocycles. The van der Waals surface area contributed by atoms with Crippen LogP contribution in [0.5, 0.6) is 0 Å². The van der Waals surface area contributed by atoms with Crippen LogP contribution in [0.15, 0.2) is 83.4 Å². The topological polar surface area (TPSA) is 108 Å². The van der Waals surface area contributed by atoms with Crippen molar-refractivity contribution in [2.45, 2.75) is 25.4 Å². The number of nitrogens with one attached hydrogen (secondary N) is 2. The van der Waals surface area contributed by atoms with Crippen molar-refractivity contribution in [2.24, 2.45) is 0 Å². The number of rotatable bonds is 8. The van der Waals surface area contributed by atoms with E-state index in [-0.39, 0.29) is 23.9 Å². The quantitative estimate of drug-likeness (QED) is 0.225. The first-order valence-corrected chi connectivity index (χ1v) is 13.1. The maximum absolute atomic E-state index is 12.8. The van der Waals surface area contributed by atoms with Gasteiger partial charge in [0.05, 0.1) is 22.3 Å². The van der Waals surface area contributed by atoms with Gasteiger partial charge in [-0.3, -0.25) is 9.78 Å². The van der Waals surface area contributed by atoms with Crippen LogP contribution >= 0.6 is 23.8 Å². The highest BCUT2D eigenvalue weighted by atomic mass is 35.5. The van der Waals surface area contributed by atoms with Crippen molar-refractivity contribution in [1.29, 1.82) is 0 Å². The Labute approximate surface area is 235 Å². The number of furan rings is 1. The molecule has 39 heavy (non-hydrogen) atoms. The molecule has 198 valence electrons. The van der Waals surface area contributed by atoms with E-state index in [9.17, 15) is 14.7 Å². The molecular weight excluding hydrogens is 536 g/mol. The van der Waals surface area contributed by atoms with E-state index < -0.39 is 12.0 Å². The second kappa shape index (κ2) is 11.3. The lowest BCUT2D eigenvalue weighted by Gasteiger charge is -2.25. The van der Waals surface area contributed by atoms with Crippen LogP contribution in [0, 0.1) is 6.92 Å². The van der Waals surface area contributed by atoms with E-state index in [1.165, 1.54) is 18.2 Å². The van der Waals surface area contributed by atoms with Crippen LogP contribution in [0.4, 0.5) is 5.69 Å². The number of hydrogen-bond acceptors (Lipinski definition) is 5. The summed E-state index contributed by atoms with van der Waals surface area (Å²) in [7, 11) is 0. The number of aromatic carboxylic acids is 1. The van der Waals surface area contributed by atoms with Gasteiger partial charge in [-0.15, -0.1) is 0 Å². The fraction of sp³-hybridized carbons (Fsp3) is 0.172. The average Bonchev–Trinajstić information content (AvgIpc) is 3.52. The molecule has 4 aromatic rings. The highest BCUT2D eigenvalue weighted by Crippen LogP contribution is 2.41. The molecule has 0 bridgehead atoms. The summed E-state index contributed by atoms with van der Waals surface area (Å²) in [6.45, 7) is 2.30. The third kappa shape index (κ3) is 5.79. The minimum Gasteiger partial charge on any atom is -0.478 e. The van der Waals surface area contributed by atoms with E-state index in [1.54, 1.807) is 12.3 Å². The smallest absolute Gasteiger partial charge is 0.335 e. The van der Waals surface area contributed by atoms with Crippen LogP contribution in [0.3, 0.4) is 0 Å². The number of carboxylic acid groups (broad SMARTS) is 1. The summed E-state index contributed by atoms with van der Waals surface area (Å²) in [5.41, 5.74) is 3.12. The van der Waals surface area contributed by atoms with E-state index in [0.717, 1.165) is 16.9 Å². The summed E-state index contributed by atoms with van der Waals surface area (Å²) in [5, 5.41) is 16.5. The van der Waals surface area contributed by atoms with Crippen LogP contribution in [0.2, 0.25) is 5.02 Å². The second-order valence-corrected chi connectivity index (χ2v) is 9.98. The summed E-state index contributed by atoms with van der Waals surface area (Å²) in [6, 6.07) is 20.5. The van der Waals surface area contributed by atoms with E-state index >= 15 is 0 Å². The van der Waals surface area contributed by atoms with E-state index in [0.29, 0.717) is 33.8 Å². The lowest BCUT2D eigenvalue weighted by Crippen LogP contribution is -2.32. The van der Waals surface area contributed by atoms with E-state index in [4.69, 9.17) is 28.2 Å². The molecule has 0 aliphatic carbocycles. The molecule has 2 atom stereocenters. The van der Waals surface area contributed by atoms with Gasteiger partial charge in [-0.2, -0.15) is 0 Å². The molecule has 1 aliphatic heterocycles. The third-order valence-corrected chi connectivity index (χ3v) is 7.16. The highest BCUT2D eigenvalue weighted by Gasteiger charge is 2.41. The Balaban J connectivity index is 1.43. The average molecular weight is 561 g/mol. The molecular formula is C29H25ClN4O4S. The maximum atomic E-state index is 12.8. The molecule has 8 nitrogen and oxygen atoms in total. The zero-order chi connectivity index (χ0) is 27.5. The fourth-order valence-corrected chi connectivity index (χ4v) is 5.17. The van der Waals surface area contributed by atoms with Gasteiger partial charge in [0, 0.05) is 30.4 Å². The zero-order valence-electron chi connectivity index (χ0n) is 20.9. The lowest BCUT2D eigenvalue weighted by atomic mass is 10.0. The molecule has 2 aromatic heterocycles. The number of aromatic nitrogens is 1. The van der Waals surface area contributed by atoms with Gasteiger partial charge in [-0.05, 0) is 79.3 Å². The van der Waals surface area contributed by atoms with Crippen LogP contribution in [-0.4, -0.2) is 38.5 Å². The number of aryl methyl sites for hydroxylation is 1. The minimum absolute atomic E-state index is 0.101. The molecule has 2 aromatic carbocycles. The van der Waals surface area contributed by atoms with Crippen molar-refractivity contribution in [1.82, 2.24) is 15.2 Å². The number of carbonyl (C=O) groups excluding carboxylic acids is 1. The Morgan fingerprint density at radius 2 is 1.97 bits per heavy atom. The summed E-state index contributed by atoms with van der Waals surface area (Å²) < 4.78 is 6.27. The van der Waals surface area contributed by atoms with Gasteiger partial charge in [-0.1, -0.05) is 29.8 Å². The first kappa shape index (κ1) is 26.4. The van der Waals surface area contributed by atoms with E-state index in [2.05, 4.69) is 15.6 Å². The molecule has 3 heterocycles. The van der Waals surface area contributed by atoms with Crippen molar-refractivity contribution in [3.05, 3.63) is 107 Å². The van der Waals surface area contributed by atoms with E-state index in [1.807, 2.05) is 60.4 Å². The standard InChI is InChI=1S/C29H25ClN4O4S/c1-17-5-4-6-19(15-17)32-25(35)12-14-34-27(26(33-29(34)39)22-7-2-3-13-31-22)24-11-10-23(38-24)20-16-18(28(36)37)8-9-21(20)30/h2-11,13,15-16,26-27H,12,14H2,1H3,(H,32,35)(H,33,39)(H,36,37)/t26-,27-/m1/s1. The van der Waals surface area contributed by atoms with Gasteiger partial charge >= 0.3 is 5.97 Å². The lowest BCUT2D eigenvalue weighted by molar-refractivity contribution is -0.116. The number of anilines is 1. The number of carbonyl (C=O) groups is 2. The Hall–Kier alpha value is -4.21. The number of nitrogens with zero attached hydrogens (tertiary/aromatic N) is 2. The Kier molecular flexibility index (Phi) is 7.63. The van der Waals surface area contributed by atoms with Gasteiger partial charge in [0.25, 0.3) is 0 Å². The SMILES string of the molecule is Cc1cccc(NC(=O)CCN2C(=S)N[C@H](c3ccccn3)[C@H]2c2ccc(-c3cc(C(=O)O)ccc3Cl)o2)c1. The molecule has 1 saturated heterocycles. The van der Waals surface area contributed by atoms with Crippen molar-refractivity contribution in [3.8, 4) is 11.3 Å². The first-order chi connectivity index (χ1) is 18.8. The summed E-state index contributed by atoms with van der Waals surface area (Å²) in [5.74, 6) is -0.201. The molecule has 0 spiro atoms. The number of benzene rings is 2. The summed E-state index contributed by atoms with van der Waals surface area (Å²) in [6.07, 6.45) is 1.90. The molecule has 3 N–H and O–H groups in total. The Morgan fingerprint density at radius 3 is 2.72 bits per heavy atom. The van der Waals surface area contributed by atoms with Crippen molar-refractivity contribution >= 4 is 46.5 Å². The molecule has 1 fully saturated rings. The predicted octanol–water partition coefficient (Wildman–Crippen LogP) is 6.00. The number of thiocarbonyl (C=S) groups is 1. The van der Waals surface area contributed by atoms with Crippen molar-refractivity contribution < 1.29 is 19.1 Å². The third-order valence-electron chi connectivity index (χ3n) is 6.48. The van der Waals surface area contributed by atoms with Gasteiger partial charge in [0.1, 0.15) is 17.6 Å². The number of pyridine rings is 1. The monoisotopic (exact) mass is 560 g/mol. The highest BCUT2D eigenvalue weighted by molar-refractivity contribution is 7.80. The van der Waals surface area contributed by atoms with Crippen LogP contribution in [-0.2, 0) is 4.79 Å². The molecule has 0 unspecified atom stereocenters. The molecule has 1 amide bonds. The van der Waals surface area contributed by atoms with Crippen LogP contribution < -0.4 is 10.6 Å². The van der Waals surface area contributed by atoms with Gasteiger partial charge in [-0.25, -0.2) is 4.79 Å². The minimum atomic E-state index is -1.06. The van der Waals surface area contributed by atoms with Crippen LogP contribution in [0.1, 0.15) is 45.9 Å². The molecule has 0 radical (unpaired) electrons. The van der Waals surface area contributed by atoms with Crippen molar-refractivity contribution in [2.75, 3.05) is 11.9 Å². The molecule has 10 heteroatoms. The summed E-state index contributed by atoms with van der Waals surface area (Å²) >= 11 is 12.1. The number of carboxylic acids is 1. The van der Waals surface area contributed by atoms with Crippen molar-refractivity contribution in [3.63, 3.8) is 0 Å². The number of halogens is 1. The maximum Gasteiger partial charge on any atom is 0.335 e. The largest absolute Gasteiger partial charge is 0.478 e. The Morgan fingerprint density at radius 1 is 1.13 bits per heavy atom. The van der Waals surface area contributed by atoms with Gasteiger partial charge in [0.2, 0.25) is 5.91 Å². The molecule has 5 rings (SSSR count). The molecule has 1 aliphatic rings. The number of hydrogen-bond donors (Lipinski definition) is 3. The van der Waals surface area contributed by atoms with Gasteiger partial charge in [0.15, 0.2) is 5.11 Å². The summed E-state index contributed by atoms with van der Waals surface area (Å²) in [4.78, 5) is 30.7. The van der Waals surface area contributed by atoms with Crippen LogP contribution in [0.25, 0.3) is 11.3 Å². The first-order valence-electron chi connectivity index (χ1n) is 12.3. The predicted molar refractivity (Wildman–Crippen MR) is 153 cm³/mol. The normalized spacial score (nSPS) is 16.7. The zero-order valence-corrected chi connectivity index (χ0v) is 22.5. The second-order valence-electron chi connectivity index (χ2n) is 9.19. The van der Waals surface area contributed by atoms with Gasteiger partial charge < -0.3 is 25.1 Å². The number of amides is 1.